The van der Waals surface area contributed by atoms with Crippen molar-refractivity contribution < 1.29 is 13.2 Å². The molecule has 0 aliphatic carbocycles. The van der Waals surface area contributed by atoms with E-state index in [1.165, 1.54) is 0 Å². The van der Waals surface area contributed by atoms with E-state index in [-0.39, 0.29) is 16.0 Å². The van der Waals surface area contributed by atoms with Crippen LogP contribution in [0.25, 0.3) is 0 Å². The minimum atomic E-state index is -3.79. The largest absolute Gasteiger partial charge is 0.337 e. The lowest BCUT2D eigenvalue weighted by atomic mass is 10.2. The normalized spacial score (nSPS) is 11.4. The van der Waals surface area contributed by atoms with Crippen LogP contribution >= 0.6 is 22.9 Å². The summed E-state index contributed by atoms with van der Waals surface area (Å²) in [7, 11) is -3.79. The van der Waals surface area contributed by atoms with Gasteiger partial charge in [-0.15, -0.1) is 10.2 Å². The van der Waals surface area contributed by atoms with Gasteiger partial charge in [-0.05, 0) is 30.7 Å². The molecule has 0 fully saturated rings. The molecule has 12 heteroatoms. The second kappa shape index (κ2) is 8.57. The number of benzene rings is 1. The second-order valence-corrected chi connectivity index (χ2v) is 8.74. The molecule has 0 radical (unpaired) electrons. The molecule has 9 nitrogen and oxygen atoms in total. The maximum absolute atomic E-state index is 12.3. The average Bonchev–Trinajstić information content (AvgIpc) is 3.31. The fourth-order valence-electron chi connectivity index (χ4n) is 2.09. The first-order chi connectivity index (χ1) is 12.9. The number of hydrogen-bond acceptors (Lipinski definition) is 7. The van der Waals surface area contributed by atoms with Crippen LogP contribution in [0.5, 0.6) is 0 Å². The Balaban J connectivity index is 1.55. The third-order valence-corrected chi connectivity index (χ3v) is 6.33. The molecule has 0 spiro atoms. The van der Waals surface area contributed by atoms with E-state index in [2.05, 4.69) is 25.2 Å². The van der Waals surface area contributed by atoms with Crippen molar-refractivity contribution in [2.75, 3.05) is 11.9 Å². The van der Waals surface area contributed by atoms with Crippen LogP contribution in [0.1, 0.15) is 16.8 Å². The number of aromatic nitrogens is 4. The average molecular weight is 427 g/mol. The van der Waals surface area contributed by atoms with Crippen LogP contribution in [0.3, 0.4) is 0 Å². The highest BCUT2D eigenvalue weighted by molar-refractivity contribution is 7.91. The molecule has 0 aliphatic heterocycles. The summed E-state index contributed by atoms with van der Waals surface area (Å²) in [5.41, 5.74) is 0.372. The van der Waals surface area contributed by atoms with Gasteiger partial charge < -0.3 is 4.57 Å². The highest BCUT2D eigenvalue weighted by Crippen LogP contribution is 2.20. The monoisotopic (exact) mass is 426 g/mol. The Morgan fingerprint density at radius 2 is 2.00 bits per heavy atom. The quantitative estimate of drug-likeness (QED) is 0.420. The Hall–Kier alpha value is -2.34. The summed E-state index contributed by atoms with van der Waals surface area (Å²) in [5, 5.41) is 10.5. The van der Waals surface area contributed by atoms with Crippen molar-refractivity contribution in [3.63, 3.8) is 0 Å². The van der Waals surface area contributed by atoms with Crippen molar-refractivity contribution in [1.29, 1.82) is 0 Å². The van der Waals surface area contributed by atoms with Gasteiger partial charge in [0.2, 0.25) is 9.47 Å². The summed E-state index contributed by atoms with van der Waals surface area (Å²) in [6.07, 6.45) is 5.71. The fraction of sp³-hybridized carbons (Fsp3) is 0.200. The Kier molecular flexibility index (Phi) is 6.16. The van der Waals surface area contributed by atoms with Gasteiger partial charge in [-0.1, -0.05) is 22.9 Å². The number of nitrogens with one attached hydrogen (secondary N) is 2. The van der Waals surface area contributed by atoms with E-state index in [1.807, 2.05) is 4.57 Å². The van der Waals surface area contributed by atoms with E-state index in [0.29, 0.717) is 23.6 Å². The number of nitrogens with zero attached hydrogens (tertiary/aromatic N) is 4. The van der Waals surface area contributed by atoms with Gasteiger partial charge >= 0.3 is 0 Å². The first-order valence-electron chi connectivity index (χ1n) is 7.80. The molecule has 1 amide bonds. The van der Waals surface area contributed by atoms with Gasteiger partial charge in [0.25, 0.3) is 15.9 Å². The number of rotatable bonds is 8. The summed E-state index contributed by atoms with van der Waals surface area (Å²) in [6, 6.07) is 6.27. The summed E-state index contributed by atoms with van der Waals surface area (Å²) >= 11 is 6.56. The zero-order chi connectivity index (χ0) is 19.3. The van der Waals surface area contributed by atoms with Crippen molar-refractivity contribution >= 4 is 44.0 Å². The van der Waals surface area contributed by atoms with Crippen molar-refractivity contribution in [3.8, 4) is 0 Å². The minimum Gasteiger partial charge on any atom is -0.337 e. The number of amides is 1. The van der Waals surface area contributed by atoms with Crippen LogP contribution in [0.4, 0.5) is 5.13 Å². The van der Waals surface area contributed by atoms with Crippen LogP contribution in [0, 0.1) is 0 Å². The highest BCUT2D eigenvalue weighted by Gasteiger charge is 2.20. The zero-order valence-corrected chi connectivity index (χ0v) is 16.3. The number of carbonyl (C=O) groups is 1. The lowest BCUT2D eigenvalue weighted by Gasteiger charge is -2.04. The topological polar surface area (TPSA) is 119 Å². The van der Waals surface area contributed by atoms with E-state index in [9.17, 15) is 13.2 Å². The molecule has 0 saturated carbocycles. The van der Waals surface area contributed by atoms with E-state index >= 15 is 0 Å². The third-order valence-electron chi connectivity index (χ3n) is 3.41. The molecule has 0 unspecified atom stereocenters. The fourth-order valence-corrected chi connectivity index (χ4v) is 4.22. The molecule has 0 saturated heterocycles. The van der Waals surface area contributed by atoms with Gasteiger partial charge in [0, 0.05) is 36.1 Å². The van der Waals surface area contributed by atoms with Gasteiger partial charge in [-0.25, -0.2) is 18.1 Å². The molecule has 2 N–H and O–H groups in total. The maximum Gasteiger partial charge on any atom is 0.269 e. The van der Waals surface area contributed by atoms with E-state index in [4.69, 9.17) is 11.6 Å². The van der Waals surface area contributed by atoms with Crippen LogP contribution in [-0.4, -0.2) is 40.6 Å². The molecule has 27 heavy (non-hydrogen) atoms. The molecule has 0 atom stereocenters. The number of hydrogen-bond donors (Lipinski definition) is 2. The Labute approximate surface area is 164 Å². The Bertz CT molecular complexity index is 1000. The van der Waals surface area contributed by atoms with Crippen molar-refractivity contribution in [1.82, 2.24) is 24.5 Å². The summed E-state index contributed by atoms with van der Waals surface area (Å²) in [5.74, 6) is -0.431. The predicted octanol–water partition coefficient (Wildman–Crippen LogP) is 2.01. The number of anilines is 1. The van der Waals surface area contributed by atoms with Crippen molar-refractivity contribution in [2.45, 2.75) is 17.3 Å². The molecule has 3 rings (SSSR count). The van der Waals surface area contributed by atoms with Gasteiger partial charge in [-0.2, -0.15) is 0 Å². The summed E-state index contributed by atoms with van der Waals surface area (Å²) < 4.78 is 28.6. The van der Waals surface area contributed by atoms with Gasteiger partial charge in [0.05, 0.1) is 6.33 Å². The molecular formula is C15H15ClN6O3S2. The molecule has 142 valence electrons. The minimum absolute atomic E-state index is 0.0914. The van der Waals surface area contributed by atoms with Crippen LogP contribution in [-0.2, 0) is 16.6 Å². The van der Waals surface area contributed by atoms with Crippen LogP contribution < -0.4 is 10.0 Å². The van der Waals surface area contributed by atoms with Gasteiger partial charge in [-0.3, -0.25) is 10.1 Å². The second-order valence-electron chi connectivity index (χ2n) is 5.39. The van der Waals surface area contributed by atoms with Crippen LogP contribution in [0.15, 0.2) is 47.3 Å². The van der Waals surface area contributed by atoms with Gasteiger partial charge in [0.1, 0.15) is 0 Å². The smallest absolute Gasteiger partial charge is 0.269 e. The molecule has 3 aromatic rings. The third kappa shape index (κ3) is 5.32. The predicted molar refractivity (Wildman–Crippen MR) is 101 cm³/mol. The SMILES string of the molecule is O=C(Nc1nnc(S(=O)(=O)NCCCn2ccnc2)s1)c1ccc(Cl)cc1. The number of sulfonamides is 1. The van der Waals surface area contributed by atoms with Crippen molar-refractivity contribution in [3.05, 3.63) is 53.6 Å². The number of halogens is 1. The highest BCUT2D eigenvalue weighted by atomic mass is 35.5. The number of imidazole rings is 1. The maximum atomic E-state index is 12.3. The first kappa shape index (κ1) is 19.4. The first-order valence-corrected chi connectivity index (χ1v) is 10.5. The Morgan fingerprint density at radius 1 is 1.22 bits per heavy atom. The standard InChI is InChI=1S/C15H15ClN6O3S2/c16-12-4-2-11(3-5-12)13(23)19-14-20-21-15(26-14)27(24,25)18-6-1-8-22-9-7-17-10-22/h2-5,7,9-10,18H,1,6,8H2,(H,19,20,23). The zero-order valence-electron chi connectivity index (χ0n) is 13.9. The molecule has 2 heterocycles. The van der Waals surface area contributed by atoms with Gasteiger partial charge in [0.15, 0.2) is 0 Å². The van der Waals surface area contributed by atoms with E-state index in [0.717, 1.165) is 11.3 Å². The lowest BCUT2D eigenvalue weighted by molar-refractivity contribution is 0.102. The molecule has 0 aliphatic rings. The number of aryl methyl sites for hydroxylation is 1. The lowest BCUT2D eigenvalue weighted by Crippen LogP contribution is -2.25. The van der Waals surface area contributed by atoms with E-state index < -0.39 is 15.9 Å². The van der Waals surface area contributed by atoms with E-state index in [1.54, 1.807) is 43.0 Å². The molecule has 0 bridgehead atoms. The molecule has 2 aromatic heterocycles. The summed E-state index contributed by atoms with van der Waals surface area (Å²) in [4.78, 5) is 16.0. The molecule has 1 aromatic carbocycles. The number of carbonyl (C=O) groups excluding carboxylic acids is 1. The Morgan fingerprint density at radius 3 is 2.70 bits per heavy atom. The van der Waals surface area contributed by atoms with Crippen LogP contribution in [0.2, 0.25) is 5.02 Å². The molecular weight excluding hydrogens is 412 g/mol. The summed E-state index contributed by atoms with van der Waals surface area (Å²) in [6.45, 7) is 0.883. The van der Waals surface area contributed by atoms with Crippen molar-refractivity contribution in [2.24, 2.45) is 0 Å².